The van der Waals surface area contributed by atoms with Crippen LogP contribution in [0.3, 0.4) is 0 Å². The molecule has 0 aliphatic carbocycles. The molecule has 5 nitrogen and oxygen atoms in total. The Hall–Kier alpha value is -1.91. The summed E-state index contributed by atoms with van der Waals surface area (Å²) in [7, 11) is 1.33. The summed E-state index contributed by atoms with van der Waals surface area (Å²) in [6, 6.07) is 1.67. The van der Waals surface area contributed by atoms with Crippen LogP contribution in [0.4, 0.5) is 0 Å². The number of fused-ring (bicyclic) bond motifs is 1. The van der Waals surface area contributed by atoms with Crippen molar-refractivity contribution in [2.75, 3.05) is 7.11 Å². The lowest BCUT2D eigenvalue weighted by molar-refractivity contribution is 0.0594. The molecular formula is C9H9N3O2. The molecule has 2 aromatic heterocycles. The van der Waals surface area contributed by atoms with Crippen LogP contribution in [0.2, 0.25) is 0 Å². The molecule has 0 unspecified atom stereocenters. The van der Waals surface area contributed by atoms with E-state index in [1.807, 2.05) is 6.92 Å². The number of aromatic nitrogens is 3. The molecule has 0 fully saturated rings. The number of methoxy groups -OCH3 is 1. The summed E-state index contributed by atoms with van der Waals surface area (Å²) in [4.78, 5) is 19.3. The smallest absolute Gasteiger partial charge is 0.356 e. The lowest BCUT2D eigenvalue weighted by Gasteiger charge is -2.02. The summed E-state index contributed by atoms with van der Waals surface area (Å²) in [6.45, 7) is 1.88. The van der Waals surface area contributed by atoms with E-state index < -0.39 is 5.97 Å². The molecule has 0 amide bonds. The van der Waals surface area contributed by atoms with Crippen LogP contribution in [0.5, 0.6) is 0 Å². The number of carbonyl (C=O) groups excluding carboxylic acids is 1. The third kappa shape index (κ3) is 1.22. The monoisotopic (exact) mass is 191 g/mol. The zero-order chi connectivity index (χ0) is 10.1. The molecule has 0 atom stereocenters. The average Bonchev–Trinajstić information content (AvgIpc) is 2.64. The van der Waals surface area contributed by atoms with E-state index >= 15 is 0 Å². The van der Waals surface area contributed by atoms with Gasteiger partial charge in [-0.15, -0.1) is 0 Å². The van der Waals surface area contributed by atoms with Gasteiger partial charge in [-0.2, -0.15) is 0 Å². The number of hydrogen-bond donors (Lipinski definition) is 0. The maximum Gasteiger partial charge on any atom is 0.356 e. The highest BCUT2D eigenvalue weighted by molar-refractivity contribution is 5.87. The topological polar surface area (TPSA) is 56.5 Å². The summed E-state index contributed by atoms with van der Waals surface area (Å²) >= 11 is 0. The van der Waals surface area contributed by atoms with Gasteiger partial charge >= 0.3 is 5.97 Å². The Morgan fingerprint density at radius 3 is 3.07 bits per heavy atom. The second-order valence-corrected chi connectivity index (χ2v) is 2.87. The Kier molecular flexibility index (Phi) is 1.92. The van der Waals surface area contributed by atoms with Gasteiger partial charge in [0.25, 0.3) is 0 Å². The molecule has 2 rings (SSSR count). The Morgan fingerprint density at radius 2 is 2.36 bits per heavy atom. The average molecular weight is 191 g/mol. The van der Waals surface area contributed by atoms with Crippen LogP contribution in [0.1, 0.15) is 16.2 Å². The molecule has 0 saturated heterocycles. The third-order valence-corrected chi connectivity index (χ3v) is 1.96. The quantitative estimate of drug-likeness (QED) is 0.626. The summed E-state index contributed by atoms with van der Waals surface area (Å²) in [5.74, 6) is 0.0593. The van der Waals surface area contributed by atoms with Crippen molar-refractivity contribution >= 4 is 11.7 Å². The lowest BCUT2D eigenvalue weighted by atomic mass is 10.3. The number of imidazole rings is 1. The number of aryl methyl sites for hydroxylation is 1. The molecule has 2 heterocycles. The zero-order valence-corrected chi connectivity index (χ0v) is 7.89. The molecule has 0 N–H and O–H groups in total. The Bertz CT molecular complexity index is 490. The maximum atomic E-state index is 11.2. The molecule has 0 aliphatic rings. The molecule has 0 saturated carbocycles. The Morgan fingerprint density at radius 1 is 1.57 bits per heavy atom. The molecule has 0 spiro atoms. The predicted octanol–water partition coefficient (Wildman–Crippen LogP) is 0.824. The van der Waals surface area contributed by atoms with Crippen molar-refractivity contribution in [1.29, 1.82) is 0 Å². The van der Waals surface area contributed by atoms with Crippen molar-refractivity contribution in [2.45, 2.75) is 6.92 Å². The van der Waals surface area contributed by atoms with E-state index in [2.05, 4.69) is 14.7 Å². The second kappa shape index (κ2) is 3.10. The number of hydrogen-bond acceptors (Lipinski definition) is 4. The van der Waals surface area contributed by atoms with Crippen LogP contribution in [-0.4, -0.2) is 27.4 Å². The van der Waals surface area contributed by atoms with E-state index in [1.54, 1.807) is 22.9 Å². The fraction of sp³-hybridized carbons (Fsp3) is 0.222. The molecule has 0 aliphatic heterocycles. The minimum Gasteiger partial charge on any atom is -0.464 e. The van der Waals surface area contributed by atoms with Crippen molar-refractivity contribution in [3.8, 4) is 0 Å². The standard InChI is InChI=1S/C9H9N3O2/c1-6-5-7(8(13)14-2)11-9-10-3-4-12(6)9/h3-5H,1-2H3. The molecule has 14 heavy (non-hydrogen) atoms. The van der Waals surface area contributed by atoms with Crippen molar-refractivity contribution in [1.82, 2.24) is 14.4 Å². The first-order chi connectivity index (χ1) is 6.72. The van der Waals surface area contributed by atoms with Gasteiger partial charge in [0.1, 0.15) is 0 Å². The minimum absolute atomic E-state index is 0.281. The summed E-state index contributed by atoms with van der Waals surface area (Å²) in [5, 5.41) is 0. The van der Waals surface area contributed by atoms with Crippen LogP contribution in [0.15, 0.2) is 18.5 Å². The number of ether oxygens (including phenoxy) is 1. The van der Waals surface area contributed by atoms with Crippen LogP contribution in [0.25, 0.3) is 5.78 Å². The van der Waals surface area contributed by atoms with E-state index in [-0.39, 0.29) is 5.69 Å². The largest absolute Gasteiger partial charge is 0.464 e. The van der Waals surface area contributed by atoms with E-state index in [9.17, 15) is 4.79 Å². The Balaban J connectivity index is 2.64. The van der Waals surface area contributed by atoms with Gasteiger partial charge in [0.15, 0.2) is 5.69 Å². The first kappa shape index (κ1) is 8.68. The zero-order valence-electron chi connectivity index (χ0n) is 7.89. The minimum atomic E-state index is -0.446. The van der Waals surface area contributed by atoms with Crippen molar-refractivity contribution < 1.29 is 9.53 Å². The van der Waals surface area contributed by atoms with Crippen LogP contribution < -0.4 is 0 Å². The highest BCUT2D eigenvalue weighted by Gasteiger charge is 2.10. The van der Waals surface area contributed by atoms with Crippen molar-refractivity contribution in [3.05, 3.63) is 29.8 Å². The van der Waals surface area contributed by atoms with Gasteiger partial charge in [-0.1, -0.05) is 0 Å². The number of carbonyl (C=O) groups is 1. The Labute approximate surface area is 80.4 Å². The van der Waals surface area contributed by atoms with Gasteiger partial charge in [0.2, 0.25) is 5.78 Å². The molecule has 72 valence electrons. The molecule has 0 aromatic carbocycles. The molecule has 0 radical (unpaired) electrons. The second-order valence-electron chi connectivity index (χ2n) is 2.87. The first-order valence-electron chi connectivity index (χ1n) is 4.11. The summed E-state index contributed by atoms with van der Waals surface area (Å²) < 4.78 is 6.38. The van der Waals surface area contributed by atoms with Gasteiger partial charge in [0.05, 0.1) is 7.11 Å². The SMILES string of the molecule is COC(=O)c1cc(C)n2ccnc2n1. The van der Waals surface area contributed by atoms with E-state index in [4.69, 9.17) is 0 Å². The van der Waals surface area contributed by atoms with Crippen molar-refractivity contribution in [2.24, 2.45) is 0 Å². The van der Waals surface area contributed by atoms with E-state index in [1.165, 1.54) is 7.11 Å². The number of rotatable bonds is 1. The number of nitrogens with zero attached hydrogens (tertiary/aromatic N) is 3. The van der Waals surface area contributed by atoms with Crippen LogP contribution in [0, 0.1) is 6.92 Å². The van der Waals surface area contributed by atoms with Crippen molar-refractivity contribution in [3.63, 3.8) is 0 Å². The summed E-state index contributed by atoms with van der Waals surface area (Å²) in [6.07, 6.45) is 3.43. The maximum absolute atomic E-state index is 11.2. The van der Waals surface area contributed by atoms with Gasteiger partial charge in [-0.3, -0.25) is 4.40 Å². The van der Waals surface area contributed by atoms with E-state index in [0.29, 0.717) is 5.78 Å². The third-order valence-electron chi connectivity index (χ3n) is 1.96. The highest BCUT2D eigenvalue weighted by atomic mass is 16.5. The van der Waals surface area contributed by atoms with Gasteiger partial charge < -0.3 is 4.74 Å². The van der Waals surface area contributed by atoms with Crippen LogP contribution >= 0.6 is 0 Å². The van der Waals surface area contributed by atoms with Crippen LogP contribution in [-0.2, 0) is 4.74 Å². The normalized spacial score (nSPS) is 10.4. The van der Waals surface area contributed by atoms with Gasteiger partial charge in [-0.25, -0.2) is 14.8 Å². The number of esters is 1. The molecule has 5 heteroatoms. The molecular weight excluding hydrogens is 182 g/mol. The van der Waals surface area contributed by atoms with Gasteiger partial charge in [0, 0.05) is 18.1 Å². The first-order valence-corrected chi connectivity index (χ1v) is 4.11. The fourth-order valence-corrected chi connectivity index (χ4v) is 1.27. The predicted molar refractivity (Wildman–Crippen MR) is 49.1 cm³/mol. The fourth-order valence-electron chi connectivity index (χ4n) is 1.27. The molecule has 2 aromatic rings. The molecule has 0 bridgehead atoms. The lowest BCUT2D eigenvalue weighted by Crippen LogP contribution is -2.07. The van der Waals surface area contributed by atoms with E-state index in [0.717, 1.165) is 5.69 Å². The van der Waals surface area contributed by atoms with Gasteiger partial charge in [-0.05, 0) is 13.0 Å². The highest BCUT2D eigenvalue weighted by Crippen LogP contribution is 2.06. The summed E-state index contributed by atoms with van der Waals surface area (Å²) in [5.41, 5.74) is 1.18.